The molecule has 0 bridgehead atoms. The predicted molar refractivity (Wildman–Crippen MR) is 53.0 cm³/mol. The Morgan fingerprint density at radius 1 is 0.950 bits per heavy atom. The summed E-state index contributed by atoms with van der Waals surface area (Å²) in [5.41, 5.74) is 0. The van der Waals surface area contributed by atoms with Crippen LogP contribution < -0.4 is 4.74 Å². The van der Waals surface area contributed by atoms with Crippen molar-refractivity contribution in [1.29, 1.82) is 0 Å². The summed E-state index contributed by atoms with van der Waals surface area (Å²) >= 11 is 5.41. The summed E-state index contributed by atoms with van der Waals surface area (Å²) in [7, 11) is 0. The molecular weight excluding hydrogens is 321 g/mol. The molecule has 0 aromatic heterocycles. The Labute approximate surface area is 112 Å². The average Bonchev–Trinajstić information content (AvgIpc) is 2.30. The van der Waals surface area contributed by atoms with Gasteiger partial charge in [0, 0.05) is 5.02 Å². The van der Waals surface area contributed by atoms with Crippen LogP contribution in [-0.2, 0) is 4.79 Å². The quantitative estimate of drug-likeness (QED) is 0.476. The summed E-state index contributed by atoms with van der Waals surface area (Å²) in [6, 6.07) is 3.82. The van der Waals surface area contributed by atoms with Crippen molar-refractivity contribution in [2.45, 2.75) is 18.0 Å². The van der Waals surface area contributed by atoms with Gasteiger partial charge in [-0.1, -0.05) is 11.6 Å². The van der Waals surface area contributed by atoms with Gasteiger partial charge in [0.25, 0.3) is 0 Å². The largest absolute Gasteiger partial charge is 0.460 e. The molecule has 0 saturated heterocycles. The number of hydrogen-bond acceptors (Lipinski definition) is 2. The summed E-state index contributed by atoms with van der Waals surface area (Å²) in [4.78, 5) is 10.8. The molecule has 2 nitrogen and oxygen atoms in total. The van der Waals surface area contributed by atoms with Gasteiger partial charge in [-0.25, -0.2) is 4.79 Å². The van der Waals surface area contributed by atoms with Crippen LogP contribution in [-0.4, -0.2) is 24.0 Å². The van der Waals surface area contributed by atoms with E-state index in [0.29, 0.717) is 0 Å². The SMILES string of the molecule is O=C(Oc1ccc(Cl)cc1)C(F)(F)C(F)(F)C(F)(F)F. The number of ether oxygens (including phenoxy) is 1. The third-order valence-electron chi connectivity index (χ3n) is 2.03. The van der Waals surface area contributed by atoms with E-state index in [-0.39, 0.29) is 5.02 Å². The third-order valence-corrected chi connectivity index (χ3v) is 2.28. The Balaban J connectivity index is 2.98. The second-order valence-corrected chi connectivity index (χ2v) is 3.93. The lowest BCUT2D eigenvalue weighted by Crippen LogP contribution is -2.57. The van der Waals surface area contributed by atoms with Crippen molar-refractivity contribution in [3.05, 3.63) is 29.3 Å². The molecule has 0 fully saturated rings. The van der Waals surface area contributed by atoms with E-state index in [1.165, 1.54) is 0 Å². The number of carbonyl (C=O) groups is 1. The second-order valence-electron chi connectivity index (χ2n) is 3.49. The van der Waals surface area contributed by atoms with Gasteiger partial charge in [0.2, 0.25) is 0 Å². The van der Waals surface area contributed by atoms with Crippen molar-refractivity contribution in [1.82, 2.24) is 0 Å². The van der Waals surface area contributed by atoms with Crippen molar-refractivity contribution in [2.75, 3.05) is 0 Å². The molecule has 0 aliphatic carbocycles. The molecule has 112 valence electrons. The number of halogens is 8. The zero-order valence-electron chi connectivity index (χ0n) is 9.15. The maximum atomic E-state index is 12.9. The fourth-order valence-electron chi connectivity index (χ4n) is 0.980. The van der Waals surface area contributed by atoms with Crippen LogP contribution in [0.5, 0.6) is 5.75 Å². The molecule has 0 spiro atoms. The average molecular weight is 325 g/mol. The molecule has 1 rings (SSSR count). The lowest BCUT2D eigenvalue weighted by Gasteiger charge is -2.26. The van der Waals surface area contributed by atoms with Gasteiger partial charge in [-0.3, -0.25) is 0 Å². The van der Waals surface area contributed by atoms with E-state index in [1.54, 1.807) is 0 Å². The van der Waals surface area contributed by atoms with Crippen LogP contribution in [0.25, 0.3) is 0 Å². The molecule has 1 aromatic rings. The maximum absolute atomic E-state index is 12.9. The fraction of sp³-hybridized carbons (Fsp3) is 0.300. The van der Waals surface area contributed by atoms with Gasteiger partial charge in [0.05, 0.1) is 0 Å². The van der Waals surface area contributed by atoms with E-state index < -0.39 is 29.7 Å². The normalized spacial score (nSPS) is 13.2. The van der Waals surface area contributed by atoms with Crippen LogP contribution >= 0.6 is 11.6 Å². The summed E-state index contributed by atoms with van der Waals surface area (Å²) in [5.74, 6) is -16.3. The van der Waals surface area contributed by atoms with Crippen molar-refractivity contribution in [3.63, 3.8) is 0 Å². The third kappa shape index (κ3) is 2.97. The Morgan fingerprint density at radius 2 is 1.40 bits per heavy atom. The lowest BCUT2D eigenvalue weighted by molar-refractivity contribution is -0.346. The highest BCUT2D eigenvalue weighted by Gasteiger charge is 2.77. The van der Waals surface area contributed by atoms with E-state index in [4.69, 9.17) is 11.6 Å². The molecule has 0 N–H and O–H groups in total. The van der Waals surface area contributed by atoms with Crippen molar-refractivity contribution >= 4 is 17.6 Å². The molecule has 0 amide bonds. The van der Waals surface area contributed by atoms with Gasteiger partial charge >= 0.3 is 24.0 Å². The zero-order chi connectivity index (χ0) is 15.8. The molecule has 0 aliphatic heterocycles. The molecule has 1 aromatic carbocycles. The van der Waals surface area contributed by atoms with E-state index in [9.17, 15) is 35.5 Å². The molecular formula is C10H4ClF7O2. The number of esters is 1. The molecule has 0 unspecified atom stereocenters. The number of carbonyl (C=O) groups excluding carboxylic acids is 1. The van der Waals surface area contributed by atoms with Gasteiger partial charge < -0.3 is 4.74 Å². The van der Waals surface area contributed by atoms with Crippen LogP contribution in [0.3, 0.4) is 0 Å². The Kier molecular flexibility index (Phi) is 4.23. The van der Waals surface area contributed by atoms with E-state index in [2.05, 4.69) is 4.74 Å². The van der Waals surface area contributed by atoms with Gasteiger partial charge in [-0.2, -0.15) is 30.7 Å². The number of rotatable bonds is 3. The minimum atomic E-state index is -6.60. The zero-order valence-corrected chi connectivity index (χ0v) is 9.91. The number of hydrogen-bond donors (Lipinski definition) is 0. The first-order valence-electron chi connectivity index (χ1n) is 4.70. The van der Waals surface area contributed by atoms with Gasteiger partial charge in [-0.15, -0.1) is 0 Å². The van der Waals surface area contributed by atoms with Crippen LogP contribution in [0.15, 0.2) is 24.3 Å². The maximum Gasteiger partial charge on any atom is 0.460 e. The standard InChI is InChI=1S/C10H4ClF7O2/c11-5-1-3-6(4-2-5)20-7(19)8(12,13)9(14,15)10(16,17)18/h1-4H. The molecule has 0 radical (unpaired) electrons. The molecule has 0 atom stereocenters. The molecule has 0 aliphatic rings. The van der Waals surface area contributed by atoms with Crippen molar-refractivity contribution in [2.24, 2.45) is 0 Å². The Bertz CT molecular complexity index is 495. The number of alkyl halides is 7. The smallest absolute Gasteiger partial charge is 0.422 e. The highest BCUT2D eigenvalue weighted by atomic mass is 35.5. The van der Waals surface area contributed by atoms with Crippen molar-refractivity contribution in [3.8, 4) is 5.75 Å². The molecule has 20 heavy (non-hydrogen) atoms. The first-order chi connectivity index (χ1) is 8.89. The highest BCUT2D eigenvalue weighted by Crippen LogP contribution is 2.47. The van der Waals surface area contributed by atoms with Gasteiger partial charge in [0.1, 0.15) is 5.75 Å². The Morgan fingerprint density at radius 3 is 1.80 bits per heavy atom. The lowest BCUT2D eigenvalue weighted by atomic mass is 10.1. The minimum absolute atomic E-state index is 0.109. The van der Waals surface area contributed by atoms with Crippen LogP contribution in [0, 0.1) is 0 Å². The fourth-order valence-corrected chi connectivity index (χ4v) is 1.11. The van der Waals surface area contributed by atoms with E-state index in [0.717, 1.165) is 24.3 Å². The first kappa shape index (κ1) is 16.5. The molecule has 0 saturated carbocycles. The van der Waals surface area contributed by atoms with E-state index >= 15 is 0 Å². The van der Waals surface area contributed by atoms with Crippen molar-refractivity contribution < 1.29 is 40.3 Å². The summed E-state index contributed by atoms with van der Waals surface area (Å²) in [6.45, 7) is 0. The molecule has 0 heterocycles. The van der Waals surface area contributed by atoms with Gasteiger partial charge in [0.15, 0.2) is 0 Å². The highest BCUT2D eigenvalue weighted by molar-refractivity contribution is 6.30. The minimum Gasteiger partial charge on any atom is -0.422 e. The van der Waals surface area contributed by atoms with E-state index in [1.807, 2.05) is 0 Å². The number of benzene rings is 1. The monoisotopic (exact) mass is 324 g/mol. The molecule has 10 heteroatoms. The van der Waals surface area contributed by atoms with Crippen LogP contribution in [0.4, 0.5) is 30.7 Å². The summed E-state index contributed by atoms with van der Waals surface area (Å²) < 4.78 is 90.1. The topological polar surface area (TPSA) is 26.3 Å². The first-order valence-corrected chi connectivity index (χ1v) is 5.07. The summed E-state index contributed by atoms with van der Waals surface area (Å²) in [6.07, 6.45) is -6.60. The Hall–Kier alpha value is -1.51. The summed E-state index contributed by atoms with van der Waals surface area (Å²) in [5, 5.41) is 0.109. The van der Waals surface area contributed by atoms with Crippen LogP contribution in [0.1, 0.15) is 0 Å². The second kappa shape index (κ2) is 5.12. The van der Waals surface area contributed by atoms with Gasteiger partial charge in [-0.05, 0) is 24.3 Å². The predicted octanol–water partition coefficient (Wildman–Crippen LogP) is 4.08. The van der Waals surface area contributed by atoms with Crippen LogP contribution in [0.2, 0.25) is 5.02 Å².